The lowest BCUT2D eigenvalue weighted by atomic mass is 9.74. The maximum absolute atomic E-state index is 11.9. The van der Waals surface area contributed by atoms with E-state index in [-0.39, 0.29) is 17.4 Å². The summed E-state index contributed by atoms with van der Waals surface area (Å²) in [6.07, 6.45) is 2.85. The van der Waals surface area contributed by atoms with Crippen molar-refractivity contribution in [1.82, 2.24) is 15.5 Å². The Labute approximate surface area is 153 Å². The summed E-state index contributed by atoms with van der Waals surface area (Å²) in [7, 11) is 0. The number of nitrogens with one attached hydrogen (secondary N) is 3. The van der Waals surface area contributed by atoms with Crippen molar-refractivity contribution in [3.05, 3.63) is 36.0 Å². The number of hydrogen-bond acceptors (Lipinski definition) is 3. The van der Waals surface area contributed by atoms with Crippen molar-refractivity contribution in [2.45, 2.75) is 52.5 Å². The second-order valence-electron chi connectivity index (χ2n) is 8.07. The van der Waals surface area contributed by atoms with Crippen molar-refractivity contribution in [2.75, 3.05) is 5.32 Å². The van der Waals surface area contributed by atoms with E-state index in [2.05, 4.69) is 45.1 Å². The van der Waals surface area contributed by atoms with Gasteiger partial charge >= 0.3 is 0 Å². The molecule has 0 bridgehead atoms. The van der Waals surface area contributed by atoms with Gasteiger partial charge in [0.1, 0.15) is 0 Å². The molecule has 138 valence electrons. The molecule has 0 aromatic carbocycles. The minimum absolute atomic E-state index is 0.0559. The van der Waals surface area contributed by atoms with E-state index in [1.54, 1.807) is 6.07 Å². The van der Waals surface area contributed by atoms with E-state index in [0.717, 1.165) is 25.0 Å². The predicted molar refractivity (Wildman–Crippen MR) is 101 cm³/mol. The van der Waals surface area contributed by atoms with Crippen LogP contribution in [-0.2, 0) is 15.1 Å². The Balaban J connectivity index is 0.000000269. The van der Waals surface area contributed by atoms with E-state index in [4.69, 9.17) is 0 Å². The Bertz CT molecular complexity index is 811. The zero-order chi connectivity index (χ0) is 18.9. The molecule has 2 amide bonds. The Morgan fingerprint density at radius 1 is 1.15 bits per heavy atom. The first-order chi connectivity index (χ1) is 12.2. The Kier molecular flexibility index (Phi) is 4.61. The van der Waals surface area contributed by atoms with Crippen molar-refractivity contribution in [3.63, 3.8) is 0 Å². The summed E-state index contributed by atoms with van der Waals surface area (Å²) in [4.78, 5) is 23.2. The van der Waals surface area contributed by atoms with Crippen LogP contribution in [0.25, 0.3) is 11.1 Å². The average molecular weight is 354 g/mol. The number of anilines is 1. The minimum atomic E-state index is -0.467. The number of amides is 2. The van der Waals surface area contributed by atoms with Crippen LogP contribution in [-0.4, -0.2) is 22.0 Å². The van der Waals surface area contributed by atoms with Crippen LogP contribution in [0.3, 0.4) is 0 Å². The molecule has 0 unspecified atom stereocenters. The molecule has 6 heteroatoms. The van der Waals surface area contributed by atoms with Gasteiger partial charge in [-0.3, -0.25) is 14.7 Å². The summed E-state index contributed by atoms with van der Waals surface area (Å²) < 4.78 is 0. The molecule has 1 fully saturated rings. The summed E-state index contributed by atoms with van der Waals surface area (Å²) >= 11 is 0. The molecular formula is C20H26N4O2. The number of aromatic amines is 1. The zero-order valence-electron chi connectivity index (χ0n) is 15.8. The molecule has 0 saturated heterocycles. The Morgan fingerprint density at radius 3 is 2.19 bits per heavy atom. The molecule has 1 aromatic rings. The van der Waals surface area contributed by atoms with Crippen LogP contribution in [0.2, 0.25) is 0 Å². The minimum Gasteiger partial charge on any atom is -0.345 e. The van der Waals surface area contributed by atoms with Gasteiger partial charge in [-0.1, -0.05) is 39.0 Å². The standard InChI is InChI=1S/C14H22N4O2.C6H4/c1-9(19)16-14(6-5-7-14)10-8-11(18-17-10)15-12(20)13(2,3)4;1-2-5-4-6(5)3-1/h8H,5-7H2,1-4H3,(H,16,19)(H2,15,17,18,20);1-4H. The monoisotopic (exact) mass is 354 g/mol. The van der Waals surface area contributed by atoms with Crippen LogP contribution in [0.1, 0.15) is 52.7 Å². The van der Waals surface area contributed by atoms with Crippen LogP contribution >= 0.6 is 0 Å². The second kappa shape index (κ2) is 6.59. The first-order valence-electron chi connectivity index (χ1n) is 8.96. The lowest BCUT2D eigenvalue weighted by molar-refractivity contribution is -0.123. The Hall–Kier alpha value is -2.63. The van der Waals surface area contributed by atoms with E-state index in [1.807, 2.05) is 20.8 Å². The van der Waals surface area contributed by atoms with Gasteiger partial charge in [0, 0.05) is 18.4 Å². The highest BCUT2D eigenvalue weighted by Crippen LogP contribution is 2.41. The summed E-state index contributed by atoms with van der Waals surface area (Å²) in [6.45, 7) is 7.06. The number of aromatic nitrogens is 2. The smallest absolute Gasteiger partial charge is 0.230 e. The second-order valence-corrected chi connectivity index (χ2v) is 8.07. The SMILES string of the molecule is CC(=O)NC1(c2cc(NC(=O)C(C)(C)C)n[nH]2)CCC1.c1cc2cc-2c1. The van der Waals surface area contributed by atoms with E-state index in [1.165, 1.54) is 18.1 Å². The lowest BCUT2D eigenvalue weighted by Gasteiger charge is -2.41. The lowest BCUT2D eigenvalue weighted by Crippen LogP contribution is -2.50. The highest BCUT2D eigenvalue weighted by atomic mass is 16.2. The number of carbonyl (C=O) groups is 2. The van der Waals surface area contributed by atoms with Gasteiger partial charge in [0.25, 0.3) is 0 Å². The third-order valence-electron chi connectivity index (χ3n) is 4.75. The predicted octanol–water partition coefficient (Wildman–Crippen LogP) is 3.58. The normalized spacial score (nSPS) is 15.8. The van der Waals surface area contributed by atoms with Gasteiger partial charge < -0.3 is 10.6 Å². The molecule has 3 aliphatic carbocycles. The zero-order valence-corrected chi connectivity index (χ0v) is 15.8. The molecule has 1 aromatic heterocycles. The number of nitrogens with zero attached hydrogens (tertiary/aromatic N) is 1. The van der Waals surface area contributed by atoms with Gasteiger partial charge in [0.15, 0.2) is 5.82 Å². The van der Waals surface area contributed by atoms with Gasteiger partial charge in [0.2, 0.25) is 11.8 Å². The molecule has 6 nitrogen and oxygen atoms in total. The van der Waals surface area contributed by atoms with Crippen molar-refractivity contribution in [3.8, 4) is 11.1 Å². The molecule has 1 heterocycles. The van der Waals surface area contributed by atoms with Gasteiger partial charge in [0.05, 0.1) is 11.2 Å². The molecule has 0 spiro atoms. The summed E-state index contributed by atoms with van der Waals surface area (Å²) in [5.74, 6) is 0.355. The van der Waals surface area contributed by atoms with Crippen LogP contribution in [0.5, 0.6) is 0 Å². The third kappa shape index (κ3) is 3.95. The number of benzene rings is 1. The largest absolute Gasteiger partial charge is 0.345 e. The van der Waals surface area contributed by atoms with Gasteiger partial charge in [-0.2, -0.15) is 5.10 Å². The van der Waals surface area contributed by atoms with Gasteiger partial charge in [-0.25, -0.2) is 0 Å². The maximum atomic E-state index is 11.9. The van der Waals surface area contributed by atoms with Crippen molar-refractivity contribution in [1.29, 1.82) is 0 Å². The average Bonchev–Trinajstić information content (AvgIpc) is 2.92. The molecule has 3 aliphatic rings. The van der Waals surface area contributed by atoms with E-state index in [9.17, 15) is 9.59 Å². The number of carbonyl (C=O) groups excluding carboxylic acids is 2. The molecule has 4 rings (SSSR count). The van der Waals surface area contributed by atoms with Crippen molar-refractivity contribution in [2.24, 2.45) is 5.41 Å². The number of rotatable bonds is 3. The fraction of sp³-hybridized carbons (Fsp3) is 0.450. The van der Waals surface area contributed by atoms with Crippen molar-refractivity contribution >= 4 is 17.6 Å². The summed E-state index contributed by atoms with van der Waals surface area (Å²) in [5.41, 5.74) is 2.89. The number of H-pyrrole nitrogens is 1. The van der Waals surface area contributed by atoms with Crippen LogP contribution in [0.4, 0.5) is 5.82 Å². The quantitative estimate of drug-likeness (QED) is 0.672. The fourth-order valence-electron chi connectivity index (χ4n) is 2.94. The molecule has 1 saturated carbocycles. The molecule has 26 heavy (non-hydrogen) atoms. The maximum Gasteiger partial charge on any atom is 0.230 e. The highest BCUT2D eigenvalue weighted by molar-refractivity contribution is 5.93. The first kappa shape index (κ1) is 18.2. The molecule has 0 aliphatic heterocycles. The van der Waals surface area contributed by atoms with Crippen molar-refractivity contribution < 1.29 is 9.59 Å². The molecule has 3 N–H and O–H groups in total. The van der Waals surface area contributed by atoms with Crippen LogP contribution in [0, 0.1) is 5.41 Å². The summed E-state index contributed by atoms with van der Waals surface area (Å²) in [6, 6.07) is 10.3. The molecular weight excluding hydrogens is 328 g/mol. The van der Waals surface area contributed by atoms with Gasteiger partial charge in [-0.15, -0.1) is 0 Å². The topological polar surface area (TPSA) is 86.9 Å². The third-order valence-corrected chi connectivity index (χ3v) is 4.75. The van der Waals surface area contributed by atoms with Gasteiger partial charge in [-0.05, 0) is 36.5 Å². The first-order valence-corrected chi connectivity index (χ1v) is 8.96. The van der Waals surface area contributed by atoms with E-state index < -0.39 is 5.41 Å². The number of fused-ring (bicyclic) bond motifs is 1. The highest BCUT2D eigenvalue weighted by Gasteiger charge is 2.41. The van der Waals surface area contributed by atoms with E-state index in [0.29, 0.717) is 5.82 Å². The van der Waals surface area contributed by atoms with E-state index >= 15 is 0 Å². The van der Waals surface area contributed by atoms with Crippen LogP contribution in [0.15, 0.2) is 30.3 Å². The Morgan fingerprint density at radius 2 is 1.81 bits per heavy atom. The fourth-order valence-corrected chi connectivity index (χ4v) is 2.94. The molecule has 0 atom stereocenters. The van der Waals surface area contributed by atoms with Crippen LogP contribution < -0.4 is 10.6 Å². The molecule has 0 radical (unpaired) electrons. The number of hydrogen-bond donors (Lipinski definition) is 3. The summed E-state index contributed by atoms with van der Waals surface area (Å²) in [5, 5.41) is 12.8.